The fraction of sp³-hybridized carbons (Fsp3) is 0.412. The highest BCUT2D eigenvalue weighted by molar-refractivity contribution is 5.29. The number of hydrogen-bond acceptors (Lipinski definition) is 2. The molecule has 102 valence electrons. The molecule has 0 fully saturated rings. The van der Waals surface area contributed by atoms with Crippen LogP contribution in [0.15, 0.2) is 47.3 Å². The summed E-state index contributed by atoms with van der Waals surface area (Å²) in [5, 5.41) is 3.50. The Morgan fingerprint density at radius 1 is 1.11 bits per heavy atom. The lowest BCUT2D eigenvalue weighted by Gasteiger charge is -2.20. The van der Waals surface area contributed by atoms with E-state index in [1.807, 2.05) is 6.07 Å². The molecule has 0 saturated heterocycles. The molecule has 0 spiro atoms. The molecule has 2 heteroatoms. The van der Waals surface area contributed by atoms with E-state index in [1.54, 1.807) is 12.5 Å². The molecule has 2 nitrogen and oxygen atoms in total. The summed E-state index contributed by atoms with van der Waals surface area (Å²) >= 11 is 0. The van der Waals surface area contributed by atoms with Gasteiger partial charge in [-0.15, -0.1) is 0 Å². The third kappa shape index (κ3) is 3.71. The Labute approximate surface area is 115 Å². The van der Waals surface area contributed by atoms with Crippen molar-refractivity contribution in [1.82, 2.24) is 5.32 Å². The van der Waals surface area contributed by atoms with Gasteiger partial charge in [0.2, 0.25) is 0 Å². The zero-order valence-corrected chi connectivity index (χ0v) is 12.2. The molecule has 0 radical (unpaired) electrons. The molecule has 0 aliphatic rings. The highest BCUT2D eigenvalue weighted by Gasteiger charge is 2.13. The molecule has 1 unspecified atom stereocenters. The minimum absolute atomic E-state index is 0.214. The van der Waals surface area contributed by atoms with Crippen LogP contribution in [0.2, 0.25) is 0 Å². The second-order valence-electron chi connectivity index (χ2n) is 6.11. The summed E-state index contributed by atoms with van der Waals surface area (Å²) in [5.74, 6) is 0. The van der Waals surface area contributed by atoms with Crippen molar-refractivity contribution in [2.45, 2.75) is 45.7 Å². The Hall–Kier alpha value is -1.54. The average Bonchev–Trinajstić information content (AvgIpc) is 2.88. The van der Waals surface area contributed by atoms with Crippen LogP contribution in [0.5, 0.6) is 0 Å². The summed E-state index contributed by atoms with van der Waals surface area (Å²) in [7, 11) is 0. The molecular formula is C17H23NO. The number of nitrogens with one attached hydrogen (secondary N) is 1. The van der Waals surface area contributed by atoms with Crippen LogP contribution in [0, 0.1) is 0 Å². The van der Waals surface area contributed by atoms with Gasteiger partial charge in [-0.3, -0.25) is 0 Å². The Morgan fingerprint density at radius 3 is 2.32 bits per heavy atom. The quantitative estimate of drug-likeness (QED) is 0.876. The van der Waals surface area contributed by atoms with Gasteiger partial charge in [0.25, 0.3) is 0 Å². The van der Waals surface area contributed by atoms with Crippen molar-refractivity contribution in [2.75, 3.05) is 0 Å². The summed E-state index contributed by atoms with van der Waals surface area (Å²) in [6.07, 6.45) is 3.49. The van der Waals surface area contributed by atoms with Crippen LogP contribution in [0.1, 0.15) is 50.4 Å². The average molecular weight is 257 g/mol. The number of hydrogen-bond donors (Lipinski definition) is 1. The second-order valence-corrected chi connectivity index (χ2v) is 6.11. The number of furan rings is 1. The van der Waals surface area contributed by atoms with E-state index in [-0.39, 0.29) is 5.41 Å². The zero-order chi connectivity index (χ0) is 13.9. The van der Waals surface area contributed by atoms with Crippen LogP contribution in [0.4, 0.5) is 0 Å². The van der Waals surface area contributed by atoms with E-state index in [9.17, 15) is 0 Å². The van der Waals surface area contributed by atoms with Crippen molar-refractivity contribution in [3.05, 3.63) is 59.5 Å². The van der Waals surface area contributed by atoms with E-state index < -0.39 is 0 Å². The van der Waals surface area contributed by atoms with E-state index in [1.165, 1.54) is 16.7 Å². The topological polar surface area (TPSA) is 25.2 Å². The van der Waals surface area contributed by atoms with E-state index in [4.69, 9.17) is 4.42 Å². The maximum absolute atomic E-state index is 5.07. The molecule has 1 aromatic carbocycles. The van der Waals surface area contributed by atoms with Crippen LogP contribution in [0.25, 0.3) is 0 Å². The summed E-state index contributed by atoms with van der Waals surface area (Å²) in [4.78, 5) is 0. The largest absolute Gasteiger partial charge is 0.472 e. The van der Waals surface area contributed by atoms with Crippen LogP contribution < -0.4 is 5.32 Å². The number of benzene rings is 1. The van der Waals surface area contributed by atoms with Gasteiger partial charge in [-0.05, 0) is 29.5 Å². The molecule has 1 aromatic heterocycles. The lowest BCUT2D eigenvalue weighted by Crippen LogP contribution is -2.18. The highest BCUT2D eigenvalue weighted by atomic mass is 16.3. The summed E-state index contributed by atoms with van der Waals surface area (Å²) in [6, 6.07) is 11.2. The maximum atomic E-state index is 5.07. The molecule has 0 saturated carbocycles. The Morgan fingerprint density at radius 2 is 1.79 bits per heavy atom. The van der Waals surface area contributed by atoms with Crippen LogP contribution in [-0.2, 0) is 12.0 Å². The molecule has 0 amide bonds. The fourth-order valence-electron chi connectivity index (χ4n) is 2.05. The fourth-order valence-corrected chi connectivity index (χ4v) is 2.05. The summed E-state index contributed by atoms with van der Waals surface area (Å²) in [6.45, 7) is 9.73. The zero-order valence-electron chi connectivity index (χ0n) is 12.2. The van der Waals surface area contributed by atoms with E-state index in [2.05, 4.69) is 57.3 Å². The summed E-state index contributed by atoms with van der Waals surface area (Å²) in [5.41, 5.74) is 4.08. The van der Waals surface area contributed by atoms with Crippen LogP contribution in [0.3, 0.4) is 0 Å². The Bertz CT molecular complexity index is 491. The van der Waals surface area contributed by atoms with Crippen LogP contribution >= 0.6 is 0 Å². The van der Waals surface area contributed by atoms with Crippen LogP contribution in [-0.4, -0.2) is 0 Å². The number of rotatable bonds is 4. The first-order chi connectivity index (χ1) is 8.97. The predicted molar refractivity (Wildman–Crippen MR) is 79.1 cm³/mol. The molecule has 0 bridgehead atoms. The molecule has 1 heterocycles. The van der Waals surface area contributed by atoms with Crippen molar-refractivity contribution in [3.8, 4) is 0 Å². The first-order valence-corrected chi connectivity index (χ1v) is 6.82. The lowest BCUT2D eigenvalue weighted by atomic mass is 9.86. The standard InChI is InChI=1S/C17H23NO/c1-13(18-11-14-9-10-19-12-14)15-5-7-16(8-6-15)17(2,3)4/h5-10,12-13,18H,11H2,1-4H3. The van der Waals surface area contributed by atoms with Gasteiger partial charge in [-0.1, -0.05) is 45.0 Å². The third-order valence-electron chi connectivity index (χ3n) is 3.47. The SMILES string of the molecule is CC(NCc1ccoc1)c1ccc(C(C)(C)C)cc1. The second kappa shape index (κ2) is 5.62. The van der Waals surface area contributed by atoms with Crippen molar-refractivity contribution < 1.29 is 4.42 Å². The van der Waals surface area contributed by atoms with E-state index >= 15 is 0 Å². The van der Waals surface area contributed by atoms with Crippen molar-refractivity contribution >= 4 is 0 Å². The first kappa shape index (κ1) is 13.9. The van der Waals surface area contributed by atoms with E-state index in [0.29, 0.717) is 6.04 Å². The molecule has 2 rings (SSSR count). The van der Waals surface area contributed by atoms with Gasteiger partial charge < -0.3 is 9.73 Å². The normalized spacial score (nSPS) is 13.5. The molecule has 2 aromatic rings. The molecule has 0 aliphatic heterocycles. The third-order valence-corrected chi connectivity index (χ3v) is 3.47. The molecule has 1 N–H and O–H groups in total. The smallest absolute Gasteiger partial charge is 0.0947 e. The van der Waals surface area contributed by atoms with Crippen molar-refractivity contribution in [3.63, 3.8) is 0 Å². The minimum Gasteiger partial charge on any atom is -0.472 e. The van der Waals surface area contributed by atoms with Gasteiger partial charge in [0.05, 0.1) is 12.5 Å². The Kier molecular flexibility index (Phi) is 4.11. The van der Waals surface area contributed by atoms with E-state index in [0.717, 1.165) is 6.54 Å². The van der Waals surface area contributed by atoms with Gasteiger partial charge in [-0.2, -0.15) is 0 Å². The van der Waals surface area contributed by atoms with Gasteiger partial charge in [0.1, 0.15) is 0 Å². The van der Waals surface area contributed by atoms with Gasteiger partial charge in [0.15, 0.2) is 0 Å². The van der Waals surface area contributed by atoms with Crippen molar-refractivity contribution in [2.24, 2.45) is 0 Å². The first-order valence-electron chi connectivity index (χ1n) is 6.82. The van der Waals surface area contributed by atoms with Crippen molar-refractivity contribution in [1.29, 1.82) is 0 Å². The van der Waals surface area contributed by atoms with Gasteiger partial charge >= 0.3 is 0 Å². The van der Waals surface area contributed by atoms with Gasteiger partial charge in [0, 0.05) is 18.2 Å². The molecule has 19 heavy (non-hydrogen) atoms. The molecule has 0 aliphatic carbocycles. The molecule has 1 atom stereocenters. The Balaban J connectivity index is 1.97. The monoisotopic (exact) mass is 257 g/mol. The van der Waals surface area contributed by atoms with Gasteiger partial charge in [-0.25, -0.2) is 0 Å². The predicted octanol–water partition coefficient (Wildman–Crippen LogP) is 4.43. The minimum atomic E-state index is 0.214. The lowest BCUT2D eigenvalue weighted by molar-refractivity contribution is 0.546. The summed E-state index contributed by atoms with van der Waals surface area (Å²) < 4.78 is 5.07. The maximum Gasteiger partial charge on any atom is 0.0947 e. The molecular weight excluding hydrogens is 234 g/mol. The highest BCUT2D eigenvalue weighted by Crippen LogP contribution is 2.24.